The van der Waals surface area contributed by atoms with Gasteiger partial charge in [0, 0.05) is 5.56 Å². The SMILES string of the molecule is N#Cc1cc2ccccc2c(-c2cc(CC(F)(F)F)cc(CC(F)(F)F)c2)c1C#N. The zero-order valence-electron chi connectivity index (χ0n) is 15.2. The largest absolute Gasteiger partial charge is 0.393 e. The number of hydrogen-bond acceptors (Lipinski definition) is 2. The first-order valence-corrected chi connectivity index (χ1v) is 8.63. The predicted octanol–water partition coefficient (Wildman–Crippen LogP) is 6.46. The molecule has 0 radical (unpaired) electrons. The highest BCUT2D eigenvalue weighted by Gasteiger charge is 2.31. The van der Waals surface area contributed by atoms with Crippen molar-refractivity contribution in [1.29, 1.82) is 10.5 Å². The van der Waals surface area contributed by atoms with Crippen LogP contribution in [0.5, 0.6) is 0 Å². The Kier molecular flexibility index (Phi) is 5.45. The van der Waals surface area contributed by atoms with E-state index in [0.717, 1.165) is 18.2 Å². The Balaban J connectivity index is 2.35. The van der Waals surface area contributed by atoms with Gasteiger partial charge in [-0.05, 0) is 33.5 Å². The minimum absolute atomic E-state index is 0.00945. The van der Waals surface area contributed by atoms with Crippen LogP contribution in [0, 0.1) is 22.7 Å². The number of fused-ring (bicyclic) bond motifs is 1. The van der Waals surface area contributed by atoms with Crippen molar-refractivity contribution in [2.45, 2.75) is 25.2 Å². The van der Waals surface area contributed by atoms with Gasteiger partial charge in [0.05, 0.1) is 24.0 Å². The van der Waals surface area contributed by atoms with E-state index >= 15 is 0 Å². The van der Waals surface area contributed by atoms with Crippen LogP contribution in [0.2, 0.25) is 0 Å². The summed E-state index contributed by atoms with van der Waals surface area (Å²) in [6.07, 6.45) is -12.1. The molecule has 0 aliphatic carbocycles. The molecule has 3 aromatic rings. The molecule has 3 rings (SSSR count). The van der Waals surface area contributed by atoms with E-state index in [1.54, 1.807) is 24.3 Å². The van der Waals surface area contributed by atoms with Gasteiger partial charge in [-0.2, -0.15) is 36.9 Å². The first-order valence-electron chi connectivity index (χ1n) is 8.63. The molecule has 0 aromatic heterocycles. The Morgan fingerprint density at radius 2 is 1.30 bits per heavy atom. The third-order valence-corrected chi connectivity index (χ3v) is 4.43. The molecule has 0 unspecified atom stereocenters. The second-order valence-electron chi connectivity index (χ2n) is 6.74. The fourth-order valence-corrected chi connectivity index (χ4v) is 3.43. The van der Waals surface area contributed by atoms with Gasteiger partial charge < -0.3 is 0 Å². The number of nitriles is 2. The van der Waals surface area contributed by atoms with Crippen molar-refractivity contribution in [2.75, 3.05) is 0 Å². The average molecular weight is 418 g/mol. The first kappa shape index (κ1) is 21.2. The molecule has 2 nitrogen and oxygen atoms in total. The molecule has 3 aromatic carbocycles. The third-order valence-electron chi connectivity index (χ3n) is 4.43. The monoisotopic (exact) mass is 418 g/mol. The van der Waals surface area contributed by atoms with Gasteiger partial charge in [0.25, 0.3) is 0 Å². The van der Waals surface area contributed by atoms with E-state index in [4.69, 9.17) is 0 Å². The van der Waals surface area contributed by atoms with Crippen molar-refractivity contribution in [1.82, 2.24) is 0 Å². The minimum atomic E-state index is -4.62. The van der Waals surface area contributed by atoms with Crippen molar-refractivity contribution in [3.8, 4) is 23.3 Å². The fraction of sp³-hybridized carbons (Fsp3) is 0.182. The summed E-state index contributed by atoms with van der Waals surface area (Å²) in [7, 11) is 0. The van der Waals surface area contributed by atoms with Crippen LogP contribution in [0.25, 0.3) is 21.9 Å². The van der Waals surface area contributed by atoms with Crippen LogP contribution in [-0.4, -0.2) is 12.4 Å². The maximum atomic E-state index is 12.9. The Bertz CT molecular complexity index is 1160. The molecular formula is C22H12F6N2. The lowest BCUT2D eigenvalue weighted by molar-refractivity contribution is -0.127. The molecule has 0 spiro atoms. The summed E-state index contributed by atoms with van der Waals surface area (Å²) in [5.74, 6) is 0. The Morgan fingerprint density at radius 1 is 0.733 bits per heavy atom. The summed E-state index contributed by atoms with van der Waals surface area (Å²) in [6.45, 7) is 0. The van der Waals surface area contributed by atoms with Crippen molar-refractivity contribution < 1.29 is 26.3 Å². The van der Waals surface area contributed by atoms with Crippen molar-refractivity contribution >= 4 is 10.8 Å². The smallest absolute Gasteiger partial charge is 0.192 e. The zero-order valence-corrected chi connectivity index (χ0v) is 15.2. The molecule has 0 atom stereocenters. The fourth-order valence-electron chi connectivity index (χ4n) is 3.43. The Hall–Kier alpha value is -3.52. The van der Waals surface area contributed by atoms with E-state index in [2.05, 4.69) is 0 Å². The minimum Gasteiger partial charge on any atom is -0.192 e. The van der Waals surface area contributed by atoms with Gasteiger partial charge in [-0.15, -0.1) is 0 Å². The summed E-state index contributed by atoms with van der Waals surface area (Å²) < 4.78 is 77.7. The molecule has 0 saturated carbocycles. The van der Waals surface area contributed by atoms with Crippen LogP contribution in [0.4, 0.5) is 26.3 Å². The van der Waals surface area contributed by atoms with Crippen LogP contribution in [-0.2, 0) is 12.8 Å². The molecule has 0 fully saturated rings. The molecule has 0 saturated heterocycles. The van der Waals surface area contributed by atoms with Gasteiger partial charge in [-0.25, -0.2) is 0 Å². The number of rotatable bonds is 3. The Morgan fingerprint density at radius 3 is 1.80 bits per heavy atom. The van der Waals surface area contributed by atoms with E-state index in [1.807, 2.05) is 12.1 Å². The summed E-state index contributed by atoms with van der Waals surface area (Å²) in [6, 6.07) is 14.9. The maximum absolute atomic E-state index is 12.9. The lowest BCUT2D eigenvalue weighted by Gasteiger charge is -2.16. The summed E-state index contributed by atoms with van der Waals surface area (Å²) in [5.41, 5.74) is -0.646. The van der Waals surface area contributed by atoms with Crippen LogP contribution >= 0.6 is 0 Å². The van der Waals surface area contributed by atoms with E-state index in [9.17, 15) is 36.9 Å². The van der Waals surface area contributed by atoms with E-state index in [1.165, 1.54) is 6.07 Å². The molecule has 0 N–H and O–H groups in total. The molecule has 0 aliphatic heterocycles. The summed E-state index contributed by atoms with van der Waals surface area (Å²) in [4.78, 5) is 0. The van der Waals surface area contributed by atoms with E-state index < -0.39 is 25.2 Å². The summed E-state index contributed by atoms with van der Waals surface area (Å²) in [5, 5.41) is 20.0. The van der Waals surface area contributed by atoms with Crippen molar-refractivity contribution in [2.24, 2.45) is 0 Å². The second-order valence-corrected chi connectivity index (χ2v) is 6.74. The zero-order chi connectivity index (χ0) is 22.1. The lowest BCUT2D eigenvalue weighted by atomic mass is 9.88. The topological polar surface area (TPSA) is 47.6 Å². The third kappa shape index (κ3) is 4.72. The van der Waals surface area contributed by atoms with Gasteiger partial charge in [0.2, 0.25) is 0 Å². The van der Waals surface area contributed by atoms with E-state index in [-0.39, 0.29) is 33.4 Å². The van der Waals surface area contributed by atoms with Crippen LogP contribution in [0.3, 0.4) is 0 Å². The van der Waals surface area contributed by atoms with Gasteiger partial charge in [-0.3, -0.25) is 0 Å². The predicted molar refractivity (Wildman–Crippen MR) is 98.3 cm³/mol. The number of benzene rings is 3. The van der Waals surface area contributed by atoms with Gasteiger partial charge >= 0.3 is 12.4 Å². The highest BCUT2D eigenvalue weighted by molar-refractivity contribution is 6.01. The normalized spacial score (nSPS) is 11.9. The van der Waals surface area contributed by atoms with Crippen molar-refractivity contribution in [3.05, 3.63) is 70.8 Å². The highest BCUT2D eigenvalue weighted by atomic mass is 19.4. The molecule has 30 heavy (non-hydrogen) atoms. The molecule has 0 amide bonds. The number of halogens is 6. The summed E-state index contributed by atoms with van der Waals surface area (Å²) >= 11 is 0. The van der Waals surface area contributed by atoms with Gasteiger partial charge in [0.15, 0.2) is 0 Å². The first-order chi connectivity index (χ1) is 14.0. The van der Waals surface area contributed by atoms with Crippen LogP contribution in [0.15, 0.2) is 48.5 Å². The average Bonchev–Trinajstić information content (AvgIpc) is 2.63. The second kappa shape index (κ2) is 7.72. The quantitative estimate of drug-likeness (QED) is 0.459. The van der Waals surface area contributed by atoms with Gasteiger partial charge in [-0.1, -0.05) is 42.5 Å². The number of hydrogen-bond donors (Lipinski definition) is 0. The molecular weight excluding hydrogens is 406 g/mol. The molecule has 0 bridgehead atoms. The number of nitrogens with zero attached hydrogens (tertiary/aromatic N) is 2. The highest BCUT2D eigenvalue weighted by Crippen LogP contribution is 2.37. The molecule has 152 valence electrons. The lowest BCUT2D eigenvalue weighted by Crippen LogP contribution is -2.14. The van der Waals surface area contributed by atoms with Crippen LogP contribution in [0.1, 0.15) is 22.3 Å². The number of alkyl halides is 6. The molecule has 8 heteroatoms. The maximum Gasteiger partial charge on any atom is 0.393 e. The van der Waals surface area contributed by atoms with Crippen molar-refractivity contribution in [3.63, 3.8) is 0 Å². The Labute approximate surface area is 167 Å². The standard InChI is InChI=1S/C22H12F6N2/c23-21(24,25)9-13-5-14(10-22(26,27)28)7-16(6-13)20-18-4-2-1-3-15(18)8-17(11-29)19(20)12-30/h1-8H,9-10H2. The molecule has 0 heterocycles. The van der Waals surface area contributed by atoms with Gasteiger partial charge in [0.1, 0.15) is 12.1 Å². The van der Waals surface area contributed by atoms with Crippen LogP contribution < -0.4 is 0 Å². The molecule has 0 aliphatic rings. The van der Waals surface area contributed by atoms with E-state index in [0.29, 0.717) is 10.8 Å².